The molecule has 4 heteroatoms. The lowest BCUT2D eigenvalue weighted by molar-refractivity contribution is -0.0334. The molecule has 1 N–H and O–H groups in total. The zero-order valence-corrected chi connectivity index (χ0v) is 12.5. The average molecular weight is 273 g/mol. The Hall–Kier alpha value is -1.52. The highest BCUT2D eigenvalue weighted by Crippen LogP contribution is 2.35. The quantitative estimate of drug-likeness (QED) is 0.830. The second-order valence-electron chi connectivity index (χ2n) is 5.63. The molecule has 1 aliphatic carbocycles. The monoisotopic (exact) mass is 273 g/mol. The normalized spacial score (nSPS) is 26.9. The van der Waals surface area contributed by atoms with Crippen molar-refractivity contribution in [3.8, 4) is 0 Å². The highest BCUT2D eigenvalue weighted by Gasteiger charge is 2.26. The topological polar surface area (TPSA) is 27.7 Å². The Labute approximate surface area is 121 Å². The first-order valence-electron chi connectivity index (χ1n) is 7.20. The molecule has 3 aliphatic rings. The van der Waals surface area contributed by atoms with Gasteiger partial charge in [-0.15, -0.1) is 0 Å². The molecule has 0 saturated carbocycles. The minimum atomic E-state index is -0.0250. The molecule has 1 unspecified atom stereocenters. The van der Waals surface area contributed by atoms with E-state index in [4.69, 9.17) is 4.74 Å². The summed E-state index contributed by atoms with van der Waals surface area (Å²) in [5.74, 6) is 0. The number of hydrogen-bond donors (Lipinski definition) is 1. The Morgan fingerprint density at radius 1 is 1.35 bits per heavy atom. The molecule has 0 radical (unpaired) electrons. The van der Waals surface area contributed by atoms with E-state index in [-0.39, 0.29) is 6.35 Å². The highest BCUT2D eigenvalue weighted by molar-refractivity contribution is 5.54. The summed E-state index contributed by atoms with van der Waals surface area (Å²) in [7, 11) is 5.99. The molecule has 20 heavy (non-hydrogen) atoms. The first-order valence-corrected chi connectivity index (χ1v) is 7.20. The summed E-state index contributed by atoms with van der Waals surface area (Å²) in [6.45, 7) is 2.03. The third-order valence-corrected chi connectivity index (χ3v) is 4.27. The van der Waals surface area contributed by atoms with Crippen molar-refractivity contribution < 1.29 is 4.74 Å². The third kappa shape index (κ3) is 2.30. The van der Waals surface area contributed by atoms with Crippen LogP contribution in [-0.2, 0) is 4.74 Å². The van der Waals surface area contributed by atoms with Crippen LogP contribution in [0.4, 0.5) is 0 Å². The van der Waals surface area contributed by atoms with Crippen LogP contribution in [-0.4, -0.2) is 50.4 Å². The Balaban J connectivity index is 1.90. The summed E-state index contributed by atoms with van der Waals surface area (Å²) in [5.41, 5.74) is 5.63. The Kier molecular flexibility index (Phi) is 3.68. The van der Waals surface area contributed by atoms with Crippen molar-refractivity contribution in [2.75, 3.05) is 34.3 Å². The first-order chi connectivity index (χ1) is 9.70. The number of ether oxygens (including phenoxy) is 1. The van der Waals surface area contributed by atoms with E-state index in [2.05, 4.69) is 53.6 Å². The smallest absolute Gasteiger partial charge is 0.186 e. The van der Waals surface area contributed by atoms with E-state index >= 15 is 0 Å². The van der Waals surface area contributed by atoms with Crippen LogP contribution in [0.25, 0.3) is 0 Å². The van der Waals surface area contributed by atoms with E-state index in [1.165, 1.54) is 22.4 Å². The van der Waals surface area contributed by atoms with Gasteiger partial charge in [0, 0.05) is 39.1 Å². The van der Waals surface area contributed by atoms with Crippen LogP contribution in [0.1, 0.15) is 12.8 Å². The van der Waals surface area contributed by atoms with Gasteiger partial charge in [0.05, 0.1) is 0 Å². The van der Waals surface area contributed by atoms with E-state index in [1.807, 2.05) is 0 Å². The Morgan fingerprint density at radius 2 is 2.20 bits per heavy atom. The summed E-state index contributed by atoms with van der Waals surface area (Å²) in [6, 6.07) is 0. The van der Waals surface area contributed by atoms with Crippen LogP contribution in [0.5, 0.6) is 0 Å². The summed E-state index contributed by atoms with van der Waals surface area (Å²) in [6.07, 6.45) is 11.1. The van der Waals surface area contributed by atoms with Crippen molar-refractivity contribution in [1.29, 1.82) is 0 Å². The molecule has 3 rings (SSSR count). The van der Waals surface area contributed by atoms with Crippen molar-refractivity contribution in [3.05, 3.63) is 46.8 Å². The number of allylic oxidation sites excluding steroid dienone is 3. The van der Waals surface area contributed by atoms with E-state index in [9.17, 15) is 0 Å². The van der Waals surface area contributed by atoms with Crippen LogP contribution >= 0.6 is 0 Å². The van der Waals surface area contributed by atoms with E-state index in [0.29, 0.717) is 0 Å². The van der Waals surface area contributed by atoms with Gasteiger partial charge in [-0.2, -0.15) is 0 Å². The first kappa shape index (κ1) is 13.5. The number of nitrogens with zero attached hydrogens (tertiary/aromatic N) is 2. The van der Waals surface area contributed by atoms with Crippen molar-refractivity contribution in [2.24, 2.45) is 0 Å². The van der Waals surface area contributed by atoms with Crippen LogP contribution < -0.4 is 5.32 Å². The predicted octanol–water partition coefficient (Wildman–Crippen LogP) is 1.81. The largest absolute Gasteiger partial charge is 0.374 e. The minimum absolute atomic E-state index is 0.0250. The van der Waals surface area contributed by atoms with Crippen molar-refractivity contribution in [3.63, 3.8) is 0 Å². The fraction of sp³-hybridized carbons (Fsp3) is 0.500. The number of methoxy groups -OCH3 is 1. The fourth-order valence-electron chi connectivity index (χ4n) is 3.18. The lowest BCUT2D eigenvalue weighted by Crippen LogP contribution is -2.47. The SMILES string of the molecule is COC1NC=C(C2=CCC=CC3=C2CCN3C)CN1C. The standard InChI is InChI=1S/C16H23N3O/c1-18-9-8-14-13(6-4-5-7-15(14)18)12-10-17-16(20-3)19(2)11-12/h5-7,10,16-17H,4,8-9,11H2,1-3H3. The van der Waals surface area contributed by atoms with Gasteiger partial charge in [-0.1, -0.05) is 12.2 Å². The molecule has 1 atom stereocenters. The zero-order chi connectivity index (χ0) is 14.1. The summed E-state index contributed by atoms with van der Waals surface area (Å²) >= 11 is 0. The lowest BCUT2D eigenvalue weighted by Gasteiger charge is -2.33. The predicted molar refractivity (Wildman–Crippen MR) is 80.8 cm³/mol. The van der Waals surface area contributed by atoms with Gasteiger partial charge in [-0.25, -0.2) is 0 Å². The van der Waals surface area contributed by atoms with Crippen LogP contribution in [0, 0.1) is 0 Å². The maximum Gasteiger partial charge on any atom is 0.186 e. The second-order valence-corrected chi connectivity index (χ2v) is 5.63. The number of nitrogens with one attached hydrogen (secondary N) is 1. The number of likely N-dealkylation sites (N-methyl/N-ethyl adjacent to an activating group) is 2. The molecule has 0 spiro atoms. The molecule has 0 saturated heterocycles. The Morgan fingerprint density at radius 3 is 2.95 bits per heavy atom. The van der Waals surface area contributed by atoms with E-state index < -0.39 is 0 Å². The van der Waals surface area contributed by atoms with Crippen molar-refractivity contribution >= 4 is 0 Å². The summed E-state index contributed by atoms with van der Waals surface area (Å²) < 4.78 is 5.39. The second kappa shape index (κ2) is 5.46. The van der Waals surface area contributed by atoms with Crippen LogP contribution in [0.2, 0.25) is 0 Å². The fourth-order valence-corrected chi connectivity index (χ4v) is 3.18. The molecule has 2 heterocycles. The van der Waals surface area contributed by atoms with Gasteiger partial charge in [0.1, 0.15) is 0 Å². The van der Waals surface area contributed by atoms with Gasteiger partial charge in [0.2, 0.25) is 0 Å². The Bertz CT molecular complexity index is 516. The van der Waals surface area contributed by atoms with Gasteiger partial charge in [-0.3, -0.25) is 4.90 Å². The average Bonchev–Trinajstić information content (AvgIpc) is 2.69. The minimum Gasteiger partial charge on any atom is -0.374 e. The maximum atomic E-state index is 5.39. The summed E-state index contributed by atoms with van der Waals surface area (Å²) in [5, 5.41) is 3.32. The molecule has 0 fully saturated rings. The summed E-state index contributed by atoms with van der Waals surface area (Å²) in [4.78, 5) is 4.54. The molecular weight excluding hydrogens is 250 g/mol. The molecular formula is C16H23N3O. The van der Waals surface area contributed by atoms with E-state index in [1.54, 1.807) is 7.11 Å². The van der Waals surface area contributed by atoms with E-state index in [0.717, 1.165) is 25.9 Å². The highest BCUT2D eigenvalue weighted by atomic mass is 16.5. The molecule has 0 aromatic carbocycles. The van der Waals surface area contributed by atoms with Crippen LogP contribution in [0.15, 0.2) is 46.8 Å². The van der Waals surface area contributed by atoms with Gasteiger partial charge < -0.3 is 15.0 Å². The van der Waals surface area contributed by atoms with Crippen molar-refractivity contribution in [2.45, 2.75) is 19.2 Å². The number of rotatable bonds is 2. The third-order valence-electron chi connectivity index (χ3n) is 4.27. The number of hydrogen-bond acceptors (Lipinski definition) is 4. The molecule has 2 aliphatic heterocycles. The van der Waals surface area contributed by atoms with Crippen LogP contribution in [0.3, 0.4) is 0 Å². The van der Waals surface area contributed by atoms with Gasteiger partial charge in [0.25, 0.3) is 0 Å². The molecule has 0 aromatic rings. The molecule has 108 valence electrons. The van der Waals surface area contributed by atoms with Crippen molar-refractivity contribution in [1.82, 2.24) is 15.1 Å². The molecule has 0 aromatic heterocycles. The van der Waals surface area contributed by atoms with Gasteiger partial charge >= 0.3 is 0 Å². The van der Waals surface area contributed by atoms with Gasteiger partial charge in [0.15, 0.2) is 6.35 Å². The maximum absolute atomic E-state index is 5.39. The molecule has 0 bridgehead atoms. The zero-order valence-electron chi connectivity index (χ0n) is 12.5. The lowest BCUT2D eigenvalue weighted by atomic mass is 9.95. The molecule has 4 nitrogen and oxygen atoms in total. The molecule has 0 amide bonds. The van der Waals surface area contributed by atoms with Gasteiger partial charge in [-0.05, 0) is 42.7 Å².